The fourth-order valence-corrected chi connectivity index (χ4v) is 2.84. The van der Waals surface area contributed by atoms with Crippen molar-refractivity contribution in [2.45, 2.75) is 52.0 Å². The number of nitrogens with zero attached hydrogens (tertiary/aromatic N) is 1. The Labute approximate surface area is 86.7 Å². The molecule has 2 heteroatoms. The third-order valence-corrected chi connectivity index (χ3v) is 3.82. The van der Waals surface area contributed by atoms with Crippen LogP contribution in [0.25, 0.3) is 0 Å². The monoisotopic (exact) mass is 195 g/mol. The molecule has 1 heterocycles. The van der Waals surface area contributed by atoms with Gasteiger partial charge in [0, 0.05) is 31.0 Å². The van der Waals surface area contributed by atoms with Crippen LogP contribution in [0.1, 0.15) is 46.0 Å². The molecule has 14 heavy (non-hydrogen) atoms. The second kappa shape index (κ2) is 3.65. The van der Waals surface area contributed by atoms with Crippen LogP contribution < -0.4 is 0 Å². The van der Waals surface area contributed by atoms with Crippen molar-refractivity contribution >= 4 is 5.78 Å². The first-order chi connectivity index (χ1) is 6.59. The van der Waals surface area contributed by atoms with Crippen LogP contribution in [0.3, 0.4) is 0 Å². The summed E-state index contributed by atoms with van der Waals surface area (Å²) in [6, 6.07) is 0.780. The Kier molecular flexibility index (Phi) is 2.65. The Morgan fingerprint density at radius 3 is 2.50 bits per heavy atom. The van der Waals surface area contributed by atoms with Gasteiger partial charge in [-0.2, -0.15) is 0 Å². The first-order valence-electron chi connectivity index (χ1n) is 5.87. The molecule has 0 spiro atoms. The van der Waals surface area contributed by atoms with E-state index >= 15 is 0 Å². The molecule has 0 aromatic heterocycles. The van der Waals surface area contributed by atoms with E-state index in [2.05, 4.69) is 18.7 Å². The SMILES string of the molecule is CC1(C)CN(C2CCCC2)CCC1=O. The topological polar surface area (TPSA) is 20.3 Å². The van der Waals surface area contributed by atoms with E-state index in [4.69, 9.17) is 0 Å². The van der Waals surface area contributed by atoms with Gasteiger partial charge in [-0.15, -0.1) is 0 Å². The van der Waals surface area contributed by atoms with Crippen LogP contribution in [0.4, 0.5) is 0 Å². The van der Waals surface area contributed by atoms with Crippen molar-refractivity contribution in [2.75, 3.05) is 13.1 Å². The van der Waals surface area contributed by atoms with E-state index in [1.165, 1.54) is 25.7 Å². The average molecular weight is 195 g/mol. The highest BCUT2D eigenvalue weighted by Gasteiger charge is 2.37. The molecule has 0 atom stereocenters. The average Bonchev–Trinajstić information content (AvgIpc) is 2.62. The van der Waals surface area contributed by atoms with Crippen molar-refractivity contribution in [3.05, 3.63) is 0 Å². The number of rotatable bonds is 1. The van der Waals surface area contributed by atoms with Crippen LogP contribution in [0.15, 0.2) is 0 Å². The number of carbonyl (C=O) groups is 1. The normalized spacial score (nSPS) is 29.7. The number of Topliss-reactive ketones (excluding diaryl/α,β-unsaturated/α-hetero) is 1. The van der Waals surface area contributed by atoms with Crippen molar-refractivity contribution in [1.29, 1.82) is 0 Å². The summed E-state index contributed by atoms with van der Waals surface area (Å²) >= 11 is 0. The molecule has 0 bridgehead atoms. The third-order valence-electron chi connectivity index (χ3n) is 3.82. The van der Waals surface area contributed by atoms with E-state index in [9.17, 15) is 4.79 Å². The molecule has 1 aliphatic heterocycles. The molecule has 1 saturated carbocycles. The molecule has 2 aliphatic rings. The summed E-state index contributed by atoms with van der Waals surface area (Å²) in [6.07, 6.45) is 6.24. The fourth-order valence-electron chi connectivity index (χ4n) is 2.84. The molecule has 1 aliphatic carbocycles. The van der Waals surface area contributed by atoms with Gasteiger partial charge in [0.05, 0.1) is 0 Å². The zero-order chi connectivity index (χ0) is 10.2. The molecule has 80 valence electrons. The lowest BCUT2D eigenvalue weighted by molar-refractivity contribution is -0.132. The summed E-state index contributed by atoms with van der Waals surface area (Å²) in [6.45, 7) is 6.18. The Morgan fingerprint density at radius 1 is 1.29 bits per heavy atom. The van der Waals surface area contributed by atoms with Gasteiger partial charge in [-0.05, 0) is 12.8 Å². The number of hydrogen-bond donors (Lipinski definition) is 0. The van der Waals surface area contributed by atoms with Crippen LogP contribution in [0, 0.1) is 5.41 Å². The number of hydrogen-bond acceptors (Lipinski definition) is 2. The maximum absolute atomic E-state index is 11.6. The minimum atomic E-state index is -0.0964. The molecule has 2 fully saturated rings. The van der Waals surface area contributed by atoms with Gasteiger partial charge in [0.15, 0.2) is 0 Å². The predicted molar refractivity (Wildman–Crippen MR) is 57.2 cm³/mol. The quantitative estimate of drug-likeness (QED) is 0.639. The van der Waals surface area contributed by atoms with Crippen LogP contribution in [-0.2, 0) is 4.79 Å². The first kappa shape index (κ1) is 10.2. The van der Waals surface area contributed by atoms with Gasteiger partial charge in [-0.3, -0.25) is 9.69 Å². The Bertz CT molecular complexity index is 228. The maximum atomic E-state index is 11.6. The molecule has 2 nitrogen and oxygen atoms in total. The molecule has 2 rings (SSSR count). The summed E-state index contributed by atoms with van der Waals surface area (Å²) in [5, 5.41) is 0. The summed E-state index contributed by atoms with van der Waals surface area (Å²) < 4.78 is 0. The minimum Gasteiger partial charge on any atom is -0.299 e. The number of carbonyl (C=O) groups excluding carboxylic acids is 1. The molecule has 0 aromatic carbocycles. The number of likely N-dealkylation sites (tertiary alicyclic amines) is 1. The molecule has 0 aromatic rings. The smallest absolute Gasteiger partial charge is 0.141 e. The third kappa shape index (κ3) is 1.85. The lowest BCUT2D eigenvalue weighted by Gasteiger charge is -2.40. The van der Waals surface area contributed by atoms with Crippen LogP contribution in [0.5, 0.6) is 0 Å². The van der Waals surface area contributed by atoms with Crippen molar-refractivity contribution in [3.8, 4) is 0 Å². The molecule has 0 radical (unpaired) electrons. The van der Waals surface area contributed by atoms with Crippen LogP contribution in [0.2, 0.25) is 0 Å². The first-order valence-corrected chi connectivity index (χ1v) is 5.87. The summed E-state index contributed by atoms with van der Waals surface area (Å²) in [7, 11) is 0. The van der Waals surface area contributed by atoms with Crippen LogP contribution >= 0.6 is 0 Å². The second-order valence-corrected chi connectivity index (χ2v) is 5.47. The van der Waals surface area contributed by atoms with Gasteiger partial charge in [0.25, 0.3) is 0 Å². The van der Waals surface area contributed by atoms with E-state index in [1.54, 1.807) is 0 Å². The van der Waals surface area contributed by atoms with Crippen molar-refractivity contribution in [2.24, 2.45) is 5.41 Å². The Balaban J connectivity index is 1.99. The highest BCUT2D eigenvalue weighted by Crippen LogP contribution is 2.31. The van der Waals surface area contributed by atoms with E-state index in [1.807, 2.05) is 0 Å². The molecule has 0 N–H and O–H groups in total. The van der Waals surface area contributed by atoms with E-state index in [-0.39, 0.29) is 5.41 Å². The minimum absolute atomic E-state index is 0.0964. The van der Waals surface area contributed by atoms with E-state index in [0.717, 1.165) is 25.6 Å². The van der Waals surface area contributed by atoms with Gasteiger partial charge >= 0.3 is 0 Å². The molecular formula is C12H21NO. The summed E-state index contributed by atoms with van der Waals surface area (Å²) in [5.41, 5.74) is -0.0964. The lowest BCUT2D eigenvalue weighted by Crippen LogP contribution is -2.49. The van der Waals surface area contributed by atoms with Gasteiger partial charge in [-0.25, -0.2) is 0 Å². The largest absolute Gasteiger partial charge is 0.299 e. The Morgan fingerprint density at radius 2 is 1.93 bits per heavy atom. The fraction of sp³-hybridized carbons (Fsp3) is 0.917. The number of piperidine rings is 1. The van der Waals surface area contributed by atoms with Gasteiger partial charge in [0.1, 0.15) is 5.78 Å². The van der Waals surface area contributed by atoms with Crippen molar-refractivity contribution in [3.63, 3.8) is 0 Å². The van der Waals surface area contributed by atoms with Gasteiger partial charge in [0.2, 0.25) is 0 Å². The Hall–Kier alpha value is -0.370. The van der Waals surface area contributed by atoms with Crippen molar-refractivity contribution < 1.29 is 4.79 Å². The predicted octanol–water partition coefficient (Wildman–Crippen LogP) is 2.23. The molecule has 1 saturated heterocycles. The molecule has 0 unspecified atom stereocenters. The lowest BCUT2D eigenvalue weighted by atomic mass is 9.82. The highest BCUT2D eigenvalue weighted by atomic mass is 16.1. The zero-order valence-electron chi connectivity index (χ0n) is 9.38. The highest BCUT2D eigenvalue weighted by molar-refractivity contribution is 5.85. The van der Waals surface area contributed by atoms with Gasteiger partial charge in [-0.1, -0.05) is 26.7 Å². The van der Waals surface area contributed by atoms with Gasteiger partial charge < -0.3 is 0 Å². The molecule has 0 amide bonds. The summed E-state index contributed by atoms with van der Waals surface area (Å²) in [4.78, 5) is 14.2. The number of ketones is 1. The standard InChI is InChI=1S/C12H21NO/c1-12(2)9-13(8-7-11(12)14)10-5-3-4-6-10/h10H,3-9H2,1-2H3. The summed E-state index contributed by atoms with van der Waals surface area (Å²) in [5.74, 6) is 0.451. The van der Waals surface area contributed by atoms with Crippen LogP contribution in [-0.4, -0.2) is 29.8 Å². The van der Waals surface area contributed by atoms with Crippen molar-refractivity contribution in [1.82, 2.24) is 4.90 Å². The zero-order valence-corrected chi connectivity index (χ0v) is 9.38. The second-order valence-electron chi connectivity index (χ2n) is 5.47. The maximum Gasteiger partial charge on any atom is 0.141 e. The van der Waals surface area contributed by atoms with E-state index in [0.29, 0.717) is 5.78 Å². The van der Waals surface area contributed by atoms with E-state index < -0.39 is 0 Å². The molecular weight excluding hydrogens is 174 g/mol.